The van der Waals surface area contributed by atoms with Gasteiger partial charge in [-0.15, -0.1) is 0 Å². The molecule has 3 rings (SSSR count). The Morgan fingerprint density at radius 1 is 1.04 bits per heavy atom. The summed E-state index contributed by atoms with van der Waals surface area (Å²) in [7, 11) is 0. The van der Waals surface area contributed by atoms with E-state index >= 15 is 0 Å². The van der Waals surface area contributed by atoms with Gasteiger partial charge in [0.15, 0.2) is 17.0 Å². The van der Waals surface area contributed by atoms with Crippen LogP contribution >= 0.6 is 11.6 Å². The molecule has 10 heteroatoms. The third kappa shape index (κ3) is 3.61. The smallest absolute Gasteiger partial charge is 0.382 e. The van der Waals surface area contributed by atoms with E-state index in [-0.39, 0.29) is 33.7 Å². The minimum Gasteiger partial charge on any atom is -0.382 e. The second-order valence-electron chi connectivity index (χ2n) is 5.01. The van der Waals surface area contributed by atoms with Crippen LogP contribution in [0.15, 0.2) is 30.5 Å². The molecule has 0 saturated carbocycles. The Morgan fingerprint density at radius 3 is 2.36 bits per heavy atom. The lowest BCUT2D eigenvalue weighted by atomic mass is 10.1. The highest BCUT2D eigenvalue weighted by molar-refractivity contribution is 6.51. The van der Waals surface area contributed by atoms with Crippen molar-refractivity contribution in [3.63, 3.8) is 0 Å². The maximum atomic E-state index is 12.6. The summed E-state index contributed by atoms with van der Waals surface area (Å²) < 4.78 is 37.7. The average molecular weight is 367 g/mol. The Bertz CT molecular complexity index is 969. The molecule has 0 atom stereocenters. The van der Waals surface area contributed by atoms with Crippen LogP contribution in [0.2, 0.25) is 0 Å². The summed E-state index contributed by atoms with van der Waals surface area (Å²) in [6.07, 6.45) is -1.57. The van der Waals surface area contributed by atoms with E-state index in [1.165, 1.54) is 24.4 Å². The number of nitrogens with zero attached hydrogens (tertiary/aromatic N) is 4. The molecular weight excluding hydrogens is 357 g/mol. The van der Waals surface area contributed by atoms with Crippen molar-refractivity contribution < 1.29 is 13.2 Å². The first-order valence-electron chi connectivity index (χ1n) is 6.84. The molecule has 0 fully saturated rings. The summed E-state index contributed by atoms with van der Waals surface area (Å²) in [4.78, 5) is 16.0. The fourth-order valence-corrected chi connectivity index (χ4v) is 2.27. The highest BCUT2D eigenvalue weighted by Gasteiger charge is 2.29. The first kappa shape index (κ1) is 16.9. The van der Waals surface area contributed by atoms with E-state index < -0.39 is 11.7 Å². The number of nitrogens with two attached hydrogens (primary N) is 2. The van der Waals surface area contributed by atoms with Gasteiger partial charge in [0.1, 0.15) is 5.69 Å². The van der Waals surface area contributed by atoms with E-state index in [1.807, 2.05) is 0 Å². The van der Waals surface area contributed by atoms with E-state index in [9.17, 15) is 13.2 Å². The predicted molar refractivity (Wildman–Crippen MR) is 89.1 cm³/mol. The van der Waals surface area contributed by atoms with Gasteiger partial charge in [0.2, 0.25) is 5.95 Å². The Morgan fingerprint density at radius 2 is 1.72 bits per heavy atom. The highest BCUT2D eigenvalue weighted by atomic mass is 35.5. The van der Waals surface area contributed by atoms with Crippen molar-refractivity contribution in [2.24, 2.45) is 0 Å². The molecule has 25 heavy (non-hydrogen) atoms. The van der Waals surface area contributed by atoms with Crippen LogP contribution in [0.1, 0.15) is 16.8 Å². The summed E-state index contributed by atoms with van der Waals surface area (Å²) >= 11 is 6.18. The van der Waals surface area contributed by atoms with Crippen molar-refractivity contribution in [1.82, 2.24) is 19.9 Å². The van der Waals surface area contributed by atoms with Gasteiger partial charge in [-0.1, -0.05) is 23.7 Å². The third-order valence-electron chi connectivity index (χ3n) is 3.23. The monoisotopic (exact) mass is 366 g/mol. The Balaban J connectivity index is 1.96. The zero-order valence-electron chi connectivity index (χ0n) is 12.4. The highest BCUT2D eigenvalue weighted by Crippen LogP contribution is 2.30. The molecule has 0 unspecified atom stereocenters. The maximum Gasteiger partial charge on any atom is 0.416 e. The number of alkyl halides is 3. The number of halogens is 4. The van der Waals surface area contributed by atoms with Crippen LogP contribution < -0.4 is 11.5 Å². The largest absolute Gasteiger partial charge is 0.416 e. The van der Waals surface area contributed by atoms with Crippen LogP contribution in [0, 0.1) is 0 Å². The van der Waals surface area contributed by atoms with Crippen molar-refractivity contribution in [1.29, 1.82) is 0 Å². The molecule has 0 aliphatic rings. The molecule has 128 valence electrons. The van der Waals surface area contributed by atoms with Crippen molar-refractivity contribution in [2.45, 2.75) is 6.18 Å². The lowest BCUT2D eigenvalue weighted by Crippen LogP contribution is -2.04. The fourth-order valence-electron chi connectivity index (χ4n) is 2.05. The van der Waals surface area contributed by atoms with E-state index in [1.54, 1.807) is 0 Å². The molecule has 0 bridgehead atoms. The van der Waals surface area contributed by atoms with Crippen molar-refractivity contribution in [3.8, 4) is 0 Å². The molecule has 2 aromatic heterocycles. The van der Waals surface area contributed by atoms with E-state index in [0.29, 0.717) is 5.56 Å². The second-order valence-corrected chi connectivity index (χ2v) is 5.41. The minimum absolute atomic E-state index is 0.0292. The summed E-state index contributed by atoms with van der Waals surface area (Å²) in [5.74, 6) is 0.0225. The molecule has 0 aliphatic carbocycles. The summed E-state index contributed by atoms with van der Waals surface area (Å²) in [6.45, 7) is 0. The van der Waals surface area contributed by atoms with Gasteiger partial charge in [0.05, 0.1) is 16.8 Å². The van der Waals surface area contributed by atoms with Gasteiger partial charge in [-0.2, -0.15) is 23.1 Å². The molecule has 0 amide bonds. The summed E-state index contributed by atoms with van der Waals surface area (Å²) in [6, 6.07) is 4.54. The van der Waals surface area contributed by atoms with E-state index in [4.69, 9.17) is 23.1 Å². The van der Waals surface area contributed by atoms with Crippen LogP contribution in [0.3, 0.4) is 0 Å². The Labute approximate surface area is 144 Å². The lowest BCUT2D eigenvalue weighted by Gasteiger charge is -2.06. The van der Waals surface area contributed by atoms with Crippen molar-refractivity contribution in [3.05, 3.63) is 47.3 Å². The average Bonchev–Trinajstić information content (AvgIpc) is 2.54. The zero-order chi connectivity index (χ0) is 18.2. The van der Waals surface area contributed by atoms with Crippen LogP contribution in [0.4, 0.5) is 24.9 Å². The van der Waals surface area contributed by atoms with Gasteiger partial charge in [-0.05, 0) is 23.8 Å². The number of rotatable bonds is 2. The van der Waals surface area contributed by atoms with Crippen LogP contribution in [0.25, 0.3) is 22.3 Å². The molecule has 0 spiro atoms. The first-order chi connectivity index (χ1) is 11.7. The zero-order valence-corrected chi connectivity index (χ0v) is 13.2. The lowest BCUT2D eigenvalue weighted by molar-refractivity contribution is -0.137. The first-order valence-corrected chi connectivity index (χ1v) is 7.22. The molecule has 0 saturated heterocycles. The van der Waals surface area contributed by atoms with Crippen molar-refractivity contribution in [2.75, 3.05) is 11.5 Å². The quantitative estimate of drug-likeness (QED) is 0.721. The van der Waals surface area contributed by atoms with Gasteiger partial charge in [0.25, 0.3) is 0 Å². The Kier molecular flexibility index (Phi) is 4.17. The fraction of sp³-hybridized carbons (Fsp3) is 0.0667. The molecule has 3 aromatic rings. The van der Waals surface area contributed by atoms with Crippen molar-refractivity contribution >= 4 is 45.6 Å². The predicted octanol–water partition coefficient (Wildman–Crippen LogP) is 3.34. The standard InChI is InChI=1S/C15H10ClF3N6/c16-9(5-7-1-3-8(4-2-7)15(17,18)19)10-6-22-13-11(23-10)12(20)24-14(21)25-13/h1-6H,(H4,20,21,22,24,25). The molecule has 1 aromatic carbocycles. The summed E-state index contributed by atoms with van der Waals surface area (Å²) in [5, 5.41) is 0.172. The van der Waals surface area contributed by atoms with E-state index in [2.05, 4.69) is 19.9 Å². The molecule has 6 nitrogen and oxygen atoms in total. The number of fused-ring (bicyclic) bond motifs is 1. The van der Waals surface area contributed by atoms with E-state index in [0.717, 1.165) is 12.1 Å². The normalized spacial score (nSPS) is 12.6. The third-order valence-corrected chi connectivity index (χ3v) is 3.53. The Hall–Kier alpha value is -2.94. The summed E-state index contributed by atoms with van der Waals surface area (Å²) in [5.41, 5.74) is 11.7. The molecule has 4 N–H and O–H groups in total. The maximum absolute atomic E-state index is 12.6. The molecule has 0 radical (unpaired) electrons. The molecule has 2 heterocycles. The topological polar surface area (TPSA) is 104 Å². The number of hydrogen-bond donors (Lipinski definition) is 2. The van der Waals surface area contributed by atoms with Gasteiger partial charge < -0.3 is 11.5 Å². The molecule has 0 aliphatic heterocycles. The van der Waals surface area contributed by atoms with Gasteiger partial charge in [0, 0.05) is 0 Å². The number of hydrogen-bond acceptors (Lipinski definition) is 6. The SMILES string of the molecule is Nc1nc(N)c2nc(C(Cl)=Cc3ccc(C(F)(F)F)cc3)cnc2n1. The van der Waals surface area contributed by atoms with Crippen LogP contribution in [-0.2, 0) is 6.18 Å². The number of anilines is 2. The number of nitrogen functional groups attached to an aromatic ring is 2. The molecular formula is C15H10ClF3N6. The minimum atomic E-state index is -4.39. The van der Waals surface area contributed by atoms with Gasteiger partial charge >= 0.3 is 6.18 Å². The number of benzene rings is 1. The number of aromatic nitrogens is 4. The van der Waals surface area contributed by atoms with Gasteiger partial charge in [-0.25, -0.2) is 9.97 Å². The van der Waals surface area contributed by atoms with Crippen LogP contribution in [0.5, 0.6) is 0 Å². The second kappa shape index (κ2) is 6.17. The van der Waals surface area contributed by atoms with Gasteiger partial charge in [-0.3, -0.25) is 0 Å². The van der Waals surface area contributed by atoms with Crippen LogP contribution in [-0.4, -0.2) is 19.9 Å².